The van der Waals surface area contributed by atoms with Crippen LogP contribution in [0, 0.1) is 0 Å². The highest BCUT2D eigenvalue weighted by molar-refractivity contribution is 5.27. The molecule has 16 heavy (non-hydrogen) atoms. The Kier molecular flexibility index (Phi) is 3.28. The molecule has 0 bridgehead atoms. The Balaban J connectivity index is 2.30. The second-order valence-corrected chi connectivity index (χ2v) is 4.77. The first-order chi connectivity index (χ1) is 7.65. The first-order valence-electron chi connectivity index (χ1n) is 5.83. The Morgan fingerprint density at radius 3 is 2.31 bits per heavy atom. The molecule has 2 rings (SSSR count). The van der Waals surface area contributed by atoms with Gasteiger partial charge in [0.15, 0.2) is 0 Å². The summed E-state index contributed by atoms with van der Waals surface area (Å²) >= 11 is 0. The molecule has 0 spiro atoms. The van der Waals surface area contributed by atoms with Gasteiger partial charge in [-0.2, -0.15) is 0 Å². The molecule has 3 N–H and O–H groups in total. The summed E-state index contributed by atoms with van der Waals surface area (Å²) in [5, 5.41) is 9.93. The lowest BCUT2D eigenvalue weighted by molar-refractivity contribution is 0.0404. The molecule has 0 aromatic heterocycles. The van der Waals surface area contributed by atoms with E-state index in [4.69, 9.17) is 5.73 Å². The zero-order chi connectivity index (χ0) is 11.6. The summed E-state index contributed by atoms with van der Waals surface area (Å²) in [6, 6.07) is 10.2. The van der Waals surface area contributed by atoms with E-state index in [9.17, 15) is 5.11 Å². The highest BCUT2D eigenvalue weighted by Gasteiger charge is 2.39. The smallest absolute Gasteiger partial charge is 0.112 e. The Morgan fingerprint density at radius 2 is 1.81 bits per heavy atom. The maximum absolute atomic E-state index is 9.93. The summed E-state index contributed by atoms with van der Waals surface area (Å²) in [5.41, 5.74) is 6.73. The van der Waals surface area contributed by atoms with E-state index in [2.05, 4.69) is 24.1 Å². The van der Waals surface area contributed by atoms with Crippen LogP contribution >= 0.6 is 0 Å². The van der Waals surface area contributed by atoms with E-state index in [0.29, 0.717) is 0 Å². The van der Waals surface area contributed by atoms with Crippen LogP contribution in [0.3, 0.4) is 0 Å². The monoisotopic (exact) mass is 220 g/mol. The number of hydrogen-bond donors (Lipinski definition) is 2. The zero-order valence-electron chi connectivity index (χ0n) is 9.76. The average Bonchev–Trinajstić information content (AvgIpc) is 2.31. The molecule has 0 saturated carbocycles. The van der Waals surface area contributed by atoms with Crippen molar-refractivity contribution in [2.75, 3.05) is 20.1 Å². The summed E-state index contributed by atoms with van der Waals surface area (Å²) < 4.78 is 0. The number of hydrogen-bond acceptors (Lipinski definition) is 3. The molecule has 1 fully saturated rings. The van der Waals surface area contributed by atoms with Gasteiger partial charge in [-0.05, 0) is 38.5 Å². The lowest BCUT2D eigenvalue weighted by Gasteiger charge is -2.43. The number of piperidine rings is 1. The Hall–Kier alpha value is -0.900. The van der Waals surface area contributed by atoms with E-state index < -0.39 is 6.23 Å². The number of benzene rings is 1. The van der Waals surface area contributed by atoms with E-state index in [-0.39, 0.29) is 5.41 Å². The maximum Gasteiger partial charge on any atom is 0.112 e. The molecule has 1 aromatic carbocycles. The lowest BCUT2D eigenvalue weighted by Crippen LogP contribution is -2.51. The van der Waals surface area contributed by atoms with Crippen molar-refractivity contribution >= 4 is 0 Å². The van der Waals surface area contributed by atoms with E-state index in [1.54, 1.807) is 0 Å². The van der Waals surface area contributed by atoms with Crippen molar-refractivity contribution < 1.29 is 5.11 Å². The topological polar surface area (TPSA) is 49.5 Å². The quantitative estimate of drug-likeness (QED) is 0.729. The van der Waals surface area contributed by atoms with Crippen molar-refractivity contribution in [2.24, 2.45) is 5.73 Å². The predicted octanol–water partition coefficient (Wildman–Crippen LogP) is 0.927. The highest BCUT2D eigenvalue weighted by atomic mass is 16.3. The van der Waals surface area contributed by atoms with Crippen LogP contribution in [-0.4, -0.2) is 36.4 Å². The van der Waals surface area contributed by atoms with Crippen molar-refractivity contribution in [2.45, 2.75) is 24.5 Å². The number of aliphatic hydroxyl groups is 1. The van der Waals surface area contributed by atoms with E-state index in [0.717, 1.165) is 31.5 Å². The molecule has 1 aliphatic heterocycles. The van der Waals surface area contributed by atoms with Gasteiger partial charge in [0.1, 0.15) is 6.23 Å². The van der Waals surface area contributed by atoms with Crippen LogP contribution in [0.2, 0.25) is 0 Å². The van der Waals surface area contributed by atoms with Crippen LogP contribution in [0.15, 0.2) is 30.3 Å². The van der Waals surface area contributed by atoms with Crippen LogP contribution in [-0.2, 0) is 5.41 Å². The third-order valence-electron chi connectivity index (χ3n) is 3.79. The molecule has 1 aliphatic rings. The Morgan fingerprint density at radius 1 is 1.25 bits per heavy atom. The molecular formula is C13H20N2O. The fourth-order valence-corrected chi connectivity index (χ4v) is 2.54. The van der Waals surface area contributed by atoms with E-state index in [1.165, 1.54) is 0 Å². The van der Waals surface area contributed by atoms with Crippen molar-refractivity contribution in [3.63, 3.8) is 0 Å². The zero-order valence-corrected chi connectivity index (χ0v) is 9.76. The Labute approximate surface area is 96.9 Å². The van der Waals surface area contributed by atoms with Gasteiger partial charge in [0.05, 0.1) is 0 Å². The molecule has 88 valence electrons. The standard InChI is InChI=1S/C13H20N2O/c1-15-9-7-13(8-10-15,12(14)16)11-5-3-2-4-6-11/h2-6,12,16H,7-10,14H2,1H3. The fraction of sp³-hybridized carbons (Fsp3) is 0.538. The van der Waals surface area contributed by atoms with Gasteiger partial charge in [0.2, 0.25) is 0 Å². The second kappa shape index (κ2) is 4.53. The molecule has 0 amide bonds. The van der Waals surface area contributed by atoms with Gasteiger partial charge in [0.25, 0.3) is 0 Å². The highest BCUT2D eigenvalue weighted by Crippen LogP contribution is 2.36. The van der Waals surface area contributed by atoms with Crippen molar-refractivity contribution in [1.29, 1.82) is 0 Å². The summed E-state index contributed by atoms with van der Waals surface area (Å²) in [6.07, 6.45) is 1.07. The van der Waals surface area contributed by atoms with Crippen LogP contribution in [0.4, 0.5) is 0 Å². The van der Waals surface area contributed by atoms with Gasteiger partial charge in [-0.25, -0.2) is 0 Å². The summed E-state index contributed by atoms with van der Waals surface area (Å²) in [4.78, 5) is 2.28. The number of likely N-dealkylation sites (tertiary alicyclic amines) is 1. The minimum atomic E-state index is -0.774. The number of nitrogens with zero attached hydrogens (tertiary/aromatic N) is 1. The minimum absolute atomic E-state index is 0.256. The van der Waals surface area contributed by atoms with E-state index in [1.807, 2.05) is 18.2 Å². The summed E-state index contributed by atoms with van der Waals surface area (Å²) in [6.45, 7) is 1.98. The van der Waals surface area contributed by atoms with Crippen molar-refractivity contribution in [1.82, 2.24) is 4.90 Å². The first kappa shape index (κ1) is 11.6. The number of rotatable bonds is 2. The second-order valence-electron chi connectivity index (χ2n) is 4.77. The van der Waals surface area contributed by atoms with Gasteiger partial charge in [-0.1, -0.05) is 30.3 Å². The minimum Gasteiger partial charge on any atom is -0.378 e. The third-order valence-corrected chi connectivity index (χ3v) is 3.79. The van der Waals surface area contributed by atoms with Crippen LogP contribution in [0.5, 0.6) is 0 Å². The SMILES string of the molecule is CN1CCC(c2ccccc2)(C(N)O)CC1. The molecule has 1 unspecified atom stereocenters. The van der Waals surface area contributed by atoms with Crippen molar-refractivity contribution in [3.8, 4) is 0 Å². The van der Waals surface area contributed by atoms with Gasteiger partial charge in [-0.3, -0.25) is 0 Å². The molecule has 3 heteroatoms. The molecule has 1 heterocycles. The van der Waals surface area contributed by atoms with Gasteiger partial charge >= 0.3 is 0 Å². The van der Waals surface area contributed by atoms with Crippen LogP contribution in [0.25, 0.3) is 0 Å². The third kappa shape index (κ3) is 1.98. The fourth-order valence-electron chi connectivity index (χ4n) is 2.54. The molecule has 3 nitrogen and oxygen atoms in total. The normalized spacial score (nSPS) is 22.9. The maximum atomic E-state index is 9.93. The van der Waals surface area contributed by atoms with Crippen molar-refractivity contribution in [3.05, 3.63) is 35.9 Å². The number of nitrogens with two attached hydrogens (primary N) is 1. The molecule has 1 aromatic rings. The predicted molar refractivity (Wildman–Crippen MR) is 65.0 cm³/mol. The lowest BCUT2D eigenvalue weighted by atomic mass is 9.71. The first-order valence-corrected chi connectivity index (χ1v) is 5.83. The largest absolute Gasteiger partial charge is 0.378 e. The van der Waals surface area contributed by atoms with Crippen LogP contribution < -0.4 is 5.73 Å². The Bertz CT molecular complexity index is 329. The molecular weight excluding hydrogens is 200 g/mol. The average molecular weight is 220 g/mol. The van der Waals surface area contributed by atoms with Gasteiger partial charge < -0.3 is 15.7 Å². The molecule has 0 radical (unpaired) electrons. The summed E-state index contributed by atoms with van der Waals surface area (Å²) in [7, 11) is 2.11. The van der Waals surface area contributed by atoms with Crippen LogP contribution in [0.1, 0.15) is 18.4 Å². The number of aliphatic hydroxyl groups excluding tert-OH is 1. The van der Waals surface area contributed by atoms with Gasteiger partial charge in [-0.15, -0.1) is 0 Å². The molecule has 0 aliphatic carbocycles. The van der Waals surface area contributed by atoms with E-state index >= 15 is 0 Å². The van der Waals surface area contributed by atoms with Gasteiger partial charge in [0, 0.05) is 5.41 Å². The summed E-state index contributed by atoms with van der Waals surface area (Å²) in [5.74, 6) is 0. The molecule has 1 atom stereocenters. The molecule has 1 saturated heterocycles.